The van der Waals surface area contributed by atoms with Crippen molar-refractivity contribution in [2.24, 2.45) is 5.92 Å². The van der Waals surface area contributed by atoms with Crippen molar-refractivity contribution in [3.05, 3.63) is 41.5 Å². The number of hydrogen-bond donors (Lipinski definition) is 3. The number of hydrogen-bond acceptors (Lipinski definition) is 8. The van der Waals surface area contributed by atoms with Gasteiger partial charge in [0.1, 0.15) is 23.9 Å². The quantitative estimate of drug-likeness (QED) is 0.274. The second-order valence-electron chi connectivity index (χ2n) is 9.28. The Morgan fingerprint density at radius 3 is 2.54 bits per heavy atom. The van der Waals surface area contributed by atoms with Crippen LogP contribution in [-0.2, 0) is 36.9 Å². The summed E-state index contributed by atoms with van der Waals surface area (Å²) in [5.74, 6) is -2.33. The molecule has 0 spiro atoms. The highest BCUT2D eigenvalue weighted by Crippen LogP contribution is 2.27. The maximum Gasteiger partial charge on any atom is 0.573 e. The molecule has 0 unspecified atom stereocenters. The van der Waals surface area contributed by atoms with E-state index < -0.39 is 54.0 Å². The monoisotopic (exact) mass is 589 g/mol. The van der Waals surface area contributed by atoms with Crippen LogP contribution >= 0.6 is 21.6 Å². The molecule has 2 aliphatic rings. The van der Waals surface area contributed by atoms with Crippen LogP contribution < -0.4 is 20.7 Å². The van der Waals surface area contributed by atoms with Gasteiger partial charge in [-0.25, -0.2) is 0 Å². The summed E-state index contributed by atoms with van der Waals surface area (Å²) in [5, 5.41) is 8.03. The molecule has 0 aromatic heterocycles. The summed E-state index contributed by atoms with van der Waals surface area (Å²) in [6.07, 6.45) is -2.40. The molecule has 3 atom stereocenters. The van der Waals surface area contributed by atoms with Crippen molar-refractivity contribution in [3.63, 3.8) is 0 Å². The van der Waals surface area contributed by atoms with E-state index in [0.717, 1.165) is 12.1 Å². The molecule has 3 rings (SSSR count). The number of ether oxygens (including phenoxy) is 2. The SMILES string of the molecule is CC(C)[C@H]1NC(=O)C[C@H]2/C=C/CCSSC[C@@H](NC1=O)C(=O)NCc1cc(OC(F)(F)F)ccc1CC(=O)O2. The standard InChI is InChI=1S/C25H30F3N3O6S2/c1-14(2)22-24(35)30-19-13-39-38-8-4-3-5-17(11-20(32)31-22)36-21(33)10-15-6-7-18(37-25(26,27)28)9-16(15)12-29-23(19)34/h3,5-7,9,14,17,19,22H,4,8,10-13H2,1-2H3,(H,29,34)(H,30,35)(H,31,32)/b5-3+/t17-,19-,22-/m1/s1. The van der Waals surface area contributed by atoms with Crippen LogP contribution in [0.4, 0.5) is 13.2 Å². The molecule has 0 aliphatic carbocycles. The van der Waals surface area contributed by atoms with E-state index in [1.165, 1.54) is 27.7 Å². The van der Waals surface area contributed by atoms with Crippen LogP contribution in [0.15, 0.2) is 30.4 Å². The maximum absolute atomic E-state index is 13.2. The molecule has 9 nitrogen and oxygen atoms in total. The lowest BCUT2D eigenvalue weighted by atomic mass is 10.0. The molecule has 0 saturated carbocycles. The van der Waals surface area contributed by atoms with E-state index in [9.17, 15) is 32.3 Å². The lowest BCUT2D eigenvalue weighted by Gasteiger charge is -2.26. The van der Waals surface area contributed by atoms with Crippen LogP contribution in [0.1, 0.15) is 37.8 Å². The normalized spacial score (nSPS) is 24.9. The van der Waals surface area contributed by atoms with Gasteiger partial charge in [-0.15, -0.1) is 13.2 Å². The minimum Gasteiger partial charge on any atom is -0.457 e. The summed E-state index contributed by atoms with van der Waals surface area (Å²) in [6, 6.07) is 1.50. The highest BCUT2D eigenvalue weighted by atomic mass is 33.1. The van der Waals surface area contributed by atoms with Crippen molar-refractivity contribution >= 4 is 45.3 Å². The zero-order chi connectivity index (χ0) is 28.6. The molecule has 0 fully saturated rings. The summed E-state index contributed by atoms with van der Waals surface area (Å²) >= 11 is 0. The fraction of sp³-hybridized carbons (Fsp3) is 0.520. The van der Waals surface area contributed by atoms with Crippen molar-refractivity contribution in [3.8, 4) is 5.75 Å². The molecule has 1 aromatic carbocycles. The van der Waals surface area contributed by atoms with Crippen molar-refractivity contribution in [2.45, 2.75) is 64.2 Å². The number of fused-ring (bicyclic) bond motifs is 8. The van der Waals surface area contributed by atoms with Gasteiger partial charge in [0.2, 0.25) is 17.7 Å². The first-order valence-corrected chi connectivity index (χ1v) is 14.8. The van der Waals surface area contributed by atoms with Gasteiger partial charge in [-0.3, -0.25) is 19.2 Å². The number of carbonyl (C=O) groups excluding carboxylic acids is 4. The largest absolute Gasteiger partial charge is 0.573 e. The Hall–Kier alpha value is -2.87. The number of esters is 1. The summed E-state index contributed by atoms with van der Waals surface area (Å²) in [4.78, 5) is 52.0. The Morgan fingerprint density at radius 1 is 1.05 bits per heavy atom. The van der Waals surface area contributed by atoms with E-state index in [-0.39, 0.29) is 36.6 Å². The molecule has 39 heavy (non-hydrogen) atoms. The van der Waals surface area contributed by atoms with Gasteiger partial charge in [-0.1, -0.05) is 47.6 Å². The lowest BCUT2D eigenvalue weighted by Crippen LogP contribution is -2.56. The zero-order valence-electron chi connectivity index (χ0n) is 21.3. The molecule has 3 N–H and O–H groups in total. The van der Waals surface area contributed by atoms with Crippen molar-refractivity contribution in [1.29, 1.82) is 0 Å². The molecule has 3 amide bonds. The highest BCUT2D eigenvalue weighted by Gasteiger charge is 2.32. The average molecular weight is 590 g/mol. The Bertz CT molecular complexity index is 1100. The first-order valence-electron chi connectivity index (χ1n) is 12.3. The summed E-state index contributed by atoms with van der Waals surface area (Å²) < 4.78 is 48.0. The van der Waals surface area contributed by atoms with Crippen molar-refractivity contribution < 1.29 is 41.8 Å². The second-order valence-corrected chi connectivity index (χ2v) is 11.9. The average Bonchev–Trinajstić information content (AvgIpc) is 2.83. The number of nitrogens with one attached hydrogen (secondary N) is 3. The van der Waals surface area contributed by atoms with Crippen LogP contribution in [0.2, 0.25) is 0 Å². The number of carbonyl (C=O) groups is 4. The minimum atomic E-state index is -4.93. The topological polar surface area (TPSA) is 123 Å². The molecule has 2 heterocycles. The van der Waals surface area contributed by atoms with Gasteiger partial charge < -0.3 is 25.4 Å². The number of halogens is 3. The summed E-state index contributed by atoms with van der Waals surface area (Å²) in [5.41, 5.74) is 0.513. The van der Waals surface area contributed by atoms with E-state index in [1.54, 1.807) is 26.0 Å². The molecule has 0 radical (unpaired) electrons. The molecule has 14 heteroatoms. The molecular weight excluding hydrogens is 559 g/mol. The van der Waals surface area contributed by atoms with Gasteiger partial charge in [-0.05, 0) is 41.7 Å². The van der Waals surface area contributed by atoms with Gasteiger partial charge in [0.05, 0.1) is 12.8 Å². The van der Waals surface area contributed by atoms with E-state index >= 15 is 0 Å². The first kappa shape index (κ1) is 30.7. The van der Waals surface area contributed by atoms with Crippen LogP contribution in [0.3, 0.4) is 0 Å². The number of rotatable bonds is 2. The van der Waals surface area contributed by atoms with Crippen LogP contribution in [0, 0.1) is 5.92 Å². The number of benzene rings is 1. The Morgan fingerprint density at radius 2 is 1.82 bits per heavy atom. The molecule has 1 aromatic rings. The van der Waals surface area contributed by atoms with E-state index in [0.29, 0.717) is 17.7 Å². The highest BCUT2D eigenvalue weighted by molar-refractivity contribution is 8.76. The number of alkyl halides is 3. The third-order valence-corrected chi connectivity index (χ3v) is 8.25. The summed E-state index contributed by atoms with van der Waals surface area (Å²) in [6.45, 7) is 3.26. The minimum absolute atomic E-state index is 0.204. The molecule has 0 saturated heterocycles. The van der Waals surface area contributed by atoms with Crippen molar-refractivity contribution in [1.82, 2.24) is 16.0 Å². The second kappa shape index (κ2) is 14.0. The lowest BCUT2D eigenvalue weighted by molar-refractivity contribution is -0.274. The van der Waals surface area contributed by atoms with E-state index in [1.807, 2.05) is 0 Å². The smallest absolute Gasteiger partial charge is 0.457 e. The van der Waals surface area contributed by atoms with Crippen LogP contribution in [-0.4, -0.2) is 59.7 Å². The summed E-state index contributed by atoms with van der Waals surface area (Å²) in [7, 11) is 2.86. The number of amides is 3. The van der Waals surface area contributed by atoms with Crippen LogP contribution in [0.25, 0.3) is 0 Å². The predicted molar refractivity (Wildman–Crippen MR) is 141 cm³/mol. The van der Waals surface area contributed by atoms with E-state index in [2.05, 4.69) is 20.7 Å². The molecular formula is C25H30F3N3O6S2. The fourth-order valence-corrected chi connectivity index (χ4v) is 6.05. The maximum atomic E-state index is 13.2. The molecule has 2 aliphatic heterocycles. The van der Waals surface area contributed by atoms with Gasteiger partial charge in [0.25, 0.3) is 0 Å². The third kappa shape index (κ3) is 9.99. The van der Waals surface area contributed by atoms with Gasteiger partial charge >= 0.3 is 12.3 Å². The zero-order valence-corrected chi connectivity index (χ0v) is 23.0. The number of allylic oxidation sites excluding steroid dienone is 1. The Kier molecular flexibility index (Phi) is 11.0. The third-order valence-electron chi connectivity index (χ3n) is 5.80. The van der Waals surface area contributed by atoms with Gasteiger partial charge in [0.15, 0.2) is 0 Å². The van der Waals surface area contributed by atoms with Gasteiger partial charge in [-0.2, -0.15) is 0 Å². The Labute approximate surface area is 231 Å². The molecule has 2 bridgehead atoms. The van der Waals surface area contributed by atoms with E-state index in [4.69, 9.17) is 4.74 Å². The molecule has 214 valence electrons. The fourth-order valence-electron chi connectivity index (χ4n) is 3.89. The van der Waals surface area contributed by atoms with Crippen LogP contribution in [0.5, 0.6) is 5.75 Å². The Balaban J connectivity index is 2.02. The van der Waals surface area contributed by atoms with Crippen molar-refractivity contribution in [2.75, 3.05) is 11.5 Å². The first-order chi connectivity index (χ1) is 18.4. The van der Waals surface area contributed by atoms with Gasteiger partial charge in [0, 0.05) is 18.1 Å². The predicted octanol–water partition coefficient (Wildman–Crippen LogP) is 3.03.